The maximum atomic E-state index is 10.8. The van der Waals surface area contributed by atoms with Crippen LogP contribution >= 0.6 is 15.9 Å². The molecule has 1 aromatic carbocycles. The molecule has 4 nitrogen and oxygen atoms in total. The van der Waals surface area contributed by atoms with Crippen molar-refractivity contribution in [3.63, 3.8) is 0 Å². The third-order valence-corrected chi connectivity index (χ3v) is 3.08. The molecule has 0 heterocycles. The minimum Gasteiger partial charge on any atom is -0.501 e. The van der Waals surface area contributed by atoms with Crippen molar-refractivity contribution in [1.29, 1.82) is 0 Å². The van der Waals surface area contributed by atoms with Crippen molar-refractivity contribution < 1.29 is 10.0 Å². The van der Waals surface area contributed by atoms with E-state index in [1.807, 2.05) is 0 Å². The number of phenols is 1. The number of nitrogens with zero attached hydrogens (tertiary/aromatic N) is 1. The molecule has 74 valence electrons. The van der Waals surface area contributed by atoms with Crippen LogP contribution in [0, 0.1) is 10.1 Å². The summed E-state index contributed by atoms with van der Waals surface area (Å²) in [6.45, 7) is 0. The number of benzene rings is 1. The lowest BCUT2D eigenvalue weighted by molar-refractivity contribution is -0.386. The number of nitro benzene ring substituents is 1. The Balaban J connectivity index is 2.72. The third-order valence-electron chi connectivity index (χ3n) is 2.48. The van der Waals surface area contributed by atoms with E-state index in [4.69, 9.17) is 0 Å². The molecule has 0 atom stereocenters. The highest BCUT2D eigenvalue weighted by molar-refractivity contribution is 9.10. The predicted octanol–water partition coefficient (Wildman–Crippen LogP) is 2.55. The van der Waals surface area contributed by atoms with Gasteiger partial charge in [-0.2, -0.15) is 0 Å². The number of fused-ring (bicyclic) bond motifs is 1. The lowest BCUT2D eigenvalue weighted by Gasteiger charge is -2.04. The molecule has 1 aliphatic carbocycles. The summed E-state index contributed by atoms with van der Waals surface area (Å²) in [6, 6.07) is 1.77. The lowest BCUT2D eigenvalue weighted by atomic mass is 10.1. The quantitative estimate of drug-likeness (QED) is 0.621. The summed E-state index contributed by atoms with van der Waals surface area (Å²) in [5.74, 6) is -0.254. The summed E-state index contributed by atoms with van der Waals surface area (Å²) in [5, 5.41) is 20.3. The standard InChI is InChI=1S/C9H8BrNO3/c10-7-4-5-2-1-3-6(5)8(9(7)12)11(13)14/h4,12H,1-3H2. The van der Waals surface area contributed by atoms with E-state index in [9.17, 15) is 15.2 Å². The monoisotopic (exact) mass is 257 g/mol. The van der Waals surface area contributed by atoms with Gasteiger partial charge in [-0.1, -0.05) is 0 Å². The molecule has 0 fully saturated rings. The number of aromatic hydroxyl groups is 1. The van der Waals surface area contributed by atoms with Gasteiger partial charge in [0, 0.05) is 5.56 Å². The summed E-state index contributed by atoms with van der Waals surface area (Å²) >= 11 is 3.11. The molecule has 1 aromatic rings. The van der Waals surface area contributed by atoms with Crippen LogP contribution in [-0.2, 0) is 12.8 Å². The Bertz CT molecular complexity index is 417. The minimum atomic E-state index is -0.510. The zero-order chi connectivity index (χ0) is 10.3. The van der Waals surface area contributed by atoms with E-state index < -0.39 is 4.92 Å². The minimum absolute atomic E-state index is 0.133. The number of halogens is 1. The first kappa shape index (κ1) is 9.45. The van der Waals surface area contributed by atoms with Crippen molar-refractivity contribution in [2.45, 2.75) is 19.3 Å². The van der Waals surface area contributed by atoms with E-state index in [0.29, 0.717) is 16.5 Å². The smallest absolute Gasteiger partial charge is 0.315 e. The van der Waals surface area contributed by atoms with Gasteiger partial charge in [0.05, 0.1) is 9.40 Å². The normalized spacial score (nSPS) is 14.1. The highest BCUT2D eigenvalue weighted by Gasteiger charge is 2.28. The summed E-state index contributed by atoms with van der Waals surface area (Å²) < 4.78 is 0.407. The van der Waals surface area contributed by atoms with Gasteiger partial charge in [-0.25, -0.2) is 0 Å². The molecule has 0 unspecified atom stereocenters. The average molecular weight is 258 g/mol. The summed E-state index contributed by atoms with van der Waals surface area (Å²) in [6.07, 6.45) is 2.47. The highest BCUT2D eigenvalue weighted by atomic mass is 79.9. The Morgan fingerprint density at radius 1 is 1.50 bits per heavy atom. The van der Waals surface area contributed by atoms with Gasteiger partial charge in [-0.05, 0) is 46.8 Å². The zero-order valence-corrected chi connectivity index (χ0v) is 8.87. The van der Waals surface area contributed by atoms with Crippen molar-refractivity contribution in [3.05, 3.63) is 31.8 Å². The Kier molecular flexibility index (Phi) is 2.19. The molecule has 0 spiro atoms. The third kappa shape index (κ3) is 1.28. The lowest BCUT2D eigenvalue weighted by Crippen LogP contribution is -1.96. The van der Waals surface area contributed by atoms with E-state index in [1.165, 1.54) is 0 Å². The van der Waals surface area contributed by atoms with E-state index in [1.54, 1.807) is 6.07 Å². The van der Waals surface area contributed by atoms with Crippen LogP contribution in [-0.4, -0.2) is 10.0 Å². The summed E-state index contributed by atoms with van der Waals surface area (Å²) in [5.41, 5.74) is 1.53. The van der Waals surface area contributed by atoms with Gasteiger partial charge in [0.2, 0.25) is 5.75 Å². The summed E-state index contributed by atoms with van der Waals surface area (Å²) in [4.78, 5) is 10.2. The van der Waals surface area contributed by atoms with Crippen LogP contribution in [0.15, 0.2) is 10.5 Å². The van der Waals surface area contributed by atoms with Gasteiger partial charge in [-0.15, -0.1) is 0 Å². The second-order valence-electron chi connectivity index (χ2n) is 3.30. The number of hydrogen-bond acceptors (Lipinski definition) is 3. The second kappa shape index (κ2) is 3.24. The van der Waals surface area contributed by atoms with Crippen LogP contribution in [0.2, 0.25) is 0 Å². The molecule has 0 amide bonds. The molecule has 0 aliphatic heterocycles. The van der Waals surface area contributed by atoms with Crippen molar-refractivity contribution in [1.82, 2.24) is 0 Å². The molecule has 0 aromatic heterocycles. The van der Waals surface area contributed by atoms with E-state index in [0.717, 1.165) is 18.4 Å². The average Bonchev–Trinajstić information content (AvgIpc) is 2.52. The maximum Gasteiger partial charge on any atom is 0.315 e. The maximum absolute atomic E-state index is 10.8. The van der Waals surface area contributed by atoms with Crippen molar-refractivity contribution in [2.24, 2.45) is 0 Å². The van der Waals surface area contributed by atoms with Gasteiger partial charge in [-0.3, -0.25) is 10.1 Å². The molecular weight excluding hydrogens is 250 g/mol. The Labute approximate surface area is 88.8 Å². The largest absolute Gasteiger partial charge is 0.501 e. The topological polar surface area (TPSA) is 63.4 Å². The second-order valence-corrected chi connectivity index (χ2v) is 4.16. The van der Waals surface area contributed by atoms with Crippen LogP contribution in [0.4, 0.5) is 5.69 Å². The molecule has 0 radical (unpaired) electrons. The number of nitro groups is 1. The molecule has 1 N–H and O–H groups in total. The Morgan fingerprint density at radius 2 is 2.21 bits per heavy atom. The molecule has 1 aliphatic rings. The number of hydrogen-bond donors (Lipinski definition) is 1. The molecule has 0 bridgehead atoms. The van der Waals surface area contributed by atoms with Gasteiger partial charge in [0.15, 0.2) is 0 Å². The van der Waals surface area contributed by atoms with Crippen molar-refractivity contribution in [2.75, 3.05) is 0 Å². The van der Waals surface area contributed by atoms with Crippen LogP contribution in [0.3, 0.4) is 0 Å². The van der Waals surface area contributed by atoms with Gasteiger partial charge in [0.1, 0.15) is 0 Å². The van der Waals surface area contributed by atoms with Crippen LogP contribution in [0.25, 0.3) is 0 Å². The van der Waals surface area contributed by atoms with E-state index in [-0.39, 0.29) is 11.4 Å². The molecule has 5 heteroatoms. The summed E-state index contributed by atoms with van der Waals surface area (Å²) in [7, 11) is 0. The number of aryl methyl sites for hydroxylation is 1. The molecular formula is C9H8BrNO3. The van der Waals surface area contributed by atoms with Gasteiger partial charge < -0.3 is 5.11 Å². The number of phenolic OH excluding ortho intramolecular Hbond substituents is 1. The SMILES string of the molecule is O=[N+]([O-])c1c(O)c(Br)cc2c1CCC2. The van der Waals surface area contributed by atoms with Crippen LogP contribution in [0.1, 0.15) is 17.5 Å². The Hall–Kier alpha value is -1.10. The fourth-order valence-corrected chi connectivity index (χ4v) is 2.33. The Morgan fingerprint density at radius 3 is 2.86 bits per heavy atom. The van der Waals surface area contributed by atoms with E-state index in [2.05, 4.69) is 15.9 Å². The first-order valence-electron chi connectivity index (χ1n) is 4.29. The first-order valence-corrected chi connectivity index (χ1v) is 5.08. The van der Waals surface area contributed by atoms with Crippen LogP contribution < -0.4 is 0 Å². The van der Waals surface area contributed by atoms with Crippen molar-refractivity contribution >= 4 is 21.6 Å². The fraction of sp³-hybridized carbons (Fsp3) is 0.333. The predicted molar refractivity (Wildman–Crippen MR) is 54.5 cm³/mol. The van der Waals surface area contributed by atoms with Gasteiger partial charge in [0.25, 0.3) is 0 Å². The molecule has 14 heavy (non-hydrogen) atoms. The molecule has 2 rings (SSSR count). The fourth-order valence-electron chi connectivity index (χ4n) is 1.87. The highest BCUT2D eigenvalue weighted by Crippen LogP contribution is 2.42. The molecule has 0 saturated carbocycles. The van der Waals surface area contributed by atoms with Crippen molar-refractivity contribution in [3.8, 4) is 5.75 Å². The van der Waals surface area contributed by atoms with Gasteiger partial charge >= 0.3 is 5.69 Å². The van der Waals surface area contributed by atoms with E-state index >= 15 is 0 Å². The zero-order valence-electron chi connectivity index (χ0n) is 7.29. The first-order chi connectivity index (χ1) is 6.61. The molecule has 0 saturated heterocycles. The van der Waals surface area contributed by atoms with Crippen LogP contribution in [0.5, 0.6) is 5.75 Å². The number of rotatable bonds is 1.